The Morgan fingerprint density at radius 2 is 2.14 bits per heavy atom. The molecule has 1 aromatic carbocycles. The molecular formula is C17H16N2O2S. The molecule has 0 aliphatic rings. The van der Waals surface area contributed by atoms with Crippen LogP contribution in [0.1, 0.15) is 23.0 Å². The second-order valence-electron chi connectivity index (χ2n) is 5.11. The lowest BCUT2D eigenvalue weighted by molar-refractivity contribution is 0.0936. The van der Waals surface area contributed by atoms with Crippen molar-refractivity contribution in [2.75, 3.05) is 0 Å². The number of nitrogens with zero attached hydrogens (tertiary/aromatic N) is 1. The van der Waals surface area contributed by atoms with Crippen LogP contribution in [-0.2, 0) is 6.42 Å². The van der Waals surface area contributed by atoms with Gasteiger partial charge in [0.05, 0.1) is 12.5 Å². The average Bonchev–Trinajstić information content (AvgIpc) is 3.19. The Morgan fingerprint density at radius 1 is 1.32 bits per heavy atom. The number of rotatable bonds is 5. The van der Waals surface area contributed by atoms with E-state index in [9.17, 15) is 4.79 Å². The van der Waals surface area contributed by atoms with Crippen LogP contribution < -0.4 is 5.32 Å². The molecule has 3 rings (SSSR count). The van der Waals surface area contributed by atoms with E-state index in [4.69, 9.17) is 4.42 Å². The minimum atomic E-state index is -0.144. The fraction of sp³-hybridized carbons (Fsp3) is 0.176. The molecule has 3 aromatic rings. The van der Waals surface area contributed by atoms with Gasteiger partial charge in [-0.2, -0.15) is 0 Å². The third-order valence-electron chi connectivity index (χ3n) is 3.26. The predicted octanol–water partition coefficient (Wildman–Crippen LogP) is 3.76. The fourth-order valence-corrected chi connectivity index (χ4v) is 3.01. The molecule has 0 aliphatic heterocycles. The van der Waals surface area contributed by atoms with Crippen molar-refractivity contribution in [3.8, 4) is 10.6 Å². The van der Waals surface area contributed by atoms with Crippen molar-refractivity contribution in [1.29, 1.82) is 0 Å². The molecule has 0 saturated heterocycles. The summed E-state index contributed by atoms with van der Waals surface area (Å²) in [6.45, 7) is 1.97. The lowest BCUT2D eigenvalue weighted by Gasteiger charge is -2.11. The van der Waals surface area contributed by atoms with Gasteiger partial charge >= 0.3 is 0 Å². The molecule has 2 heterocycles. The van der Waals surface area contributed by atoms with Crippen molar-refractivity contribution >= 4 is 17.2 Å². The number of benzene rings is 1. The number of nitrogens with one attached hydrogen (secondary N) is 1. The summed E-state index contributed by atoms with van der Waals surface area (Å²) in [4.78, 5) is 16.7. The number of amides is 1. The second-order valence-corrected chi connectivity index (χ2v) is 5.97. The summed E-state index contributed by atoms with van der Waals surface area (Å²) in [5.41, 5.74) is 2.55. The van der Waals surface area contributed by atoms with Gasteiger partial charge in [0.1, 0.15) is 10.7 Å². The summed E-state index contributed by atoms with van der Waals surface area (Å²) in [6, 6.07) is 11.8. The van der Waals surface area contributed by atoms with E-state index in [0.29, 0.717) is 5.69 Å². The van der Waals surface area contributed by atoms with Crippen molar-refractivity contribution in [1.82, 2.24) is 10.3 Å². The van der Waals surface area contributed by atoms with Crippen LogP contribution in [0.4, 0.5) is 0 Å². The molecule has 0 aliphatic carbocycles. The Hall–Kier alpha value is -2.40. The highest BCUT2D eigenvalue weighted by Gasteiger charge is 2.14. The van der Waals surface area contributed by atoms with Crippen LogP contribution in [0.5, 0.6) is 0 Å². The highest BCUT2D eigenvalue weighted by Crippen LogP contribution is 2.23. The van der Waals surface area contributed by atoms with E-state index in [1.165, 1.54) is 11.3 Å². The number of aromatic nitrogens is 1. The highest BCUT2D eigenvalue weighted by molar-refractivity contribution is 7.13. The third-order valence-corrected chi connectivity index (χ3v) is 4.15. The summed E-state index contributed by atoms with van der Waals surface area (Å²) < 4.78 is 5.03. The molecule has 0 radical (unpaired) electrons. The fourth-order valence-electron chi connectivity index (χ4n) is 2.20. The lowest BCUT2D eigenvalue weighted by atomic mass is 10.1. The number of furan rings is 1. The van der Waals surface area contributed by atoms with Gasteiger partial charge in [0.25, 0.3) is 5.91 Å². The number of hydrogen-bond acceptors (Lipinski definition) is 4. The maximum atomic E-state index is 12.2. The third kappa shape index (κ3) is 3.43. The quantitative estimate of drug-likeness (QED) is 0.780. The van der Waals surface area contributed by atoms with Gasteiger partial charge in [-0.1, -0.05) is 30.3 Å². The molecule has 4 nitrogen and oxygen atoms in total. The maximum absolute atomic E-state index is 12.2. The standard InChI is InChI=1S/C17H16N2O2S/c1-12(9-13-7-8-21-10-13)18-16(20)15-11-22-17(19-15)14-5-3-2-4-6-14/h2-8,10-12H,9H2,1H3,(H,18,20). The van der Waals surface area contributed by atoms with E-state index in [-0.39, 0.29) is 11.9 Å². The van der Waals surface area contributed by atoms with Gasteiger partial charge in [0.15, 0.2) is 0 Å². The van der Waals surface area contributed by atoms with Gasteiger partial charge in [-0.05, 0) is 25.0 Å². The lowest BCUT2D eigenvalue weighted by Crippen LogP contribution is -2.34. The molecule has 5 heteroatoms. The second kappa shape index (κ2) is 6.58. The van der Waals surface area contributed by atoms with Gasteiger partial charge in [0.2, 0.25) is 0 Å². The summed E-state index contributed by atoms with van der Waals surface area (Å²) in [5.74, 6) is -0.144. The van der Waals surface area contributed by atoms with Gasteiger partial charge in [0, 0.05) is 17.0 Å². The van der Waals surface area contributed by atoms with Gasteiger partial charge in [-0.15, -0.1) is 11.3 Å². The zero-order valence-electron chi connectivity index (χ0n) is 12.2. The van der Waals surface area contributed by atoms with E-state index >= 15 is 0 Å². The van der Waals surface area contributed by atoms with E-state index in [0.717, 1.165) is 22.6 Å². The van der Waals surface area contributed by atoms with Crippen molar-refractivity contribution < 1.29 is 9.21 Å². The Morgan fingerprint density at radius 3 is 2.86 bits per heavy atom. The first kappa shape index (κ1) is 14.5. The molecule has 1 N–H and O–H groups in total. The number of hydrogen-bond donors (Lipinski definition) is 1. The first-order valence-electron chi connectivity index (χ1n) is 7.05. The minimum absolute atomic E-state index is 0.0203. The van der Waals surface area contributed by atoms with Gasteiger partial charge in [-0.25, -0.2) is 4.98 Å². The SMILES string of the molecule is CC(Cc1ccoc1)NC(=O)c1csc(-c2ccccc2)n1. The topological polar surface area (TPSA) is 55.1 Å². The summed E-state index contributed by atoms with van der Waals surface area (Å²) in [5, 5.41) is 5.61. The first-order valence-corrected chi connectivity index (χ1v) is 7.93. The molecule has 1 amide bonds. The monoisotopic (exact) mass is 312 g/mol. The predicted molar refractivity (Wildman–Crippen MR) is 86.9 cm³/mol. The Kier molecular flexibility index (Phi) is 4.34. The van der Waals surface area contributed by atoms with Crippen molar-refractivity contribution in [2.24, 2.45) is 0 Å². The molecule has 0 spiro atoms. The van der Waals surface area contributed by atoms with Crippen LogP contribution in [0.15, 0.2) is 58.7 Å². The maximum Gasteiger partial charge on any atom is 0.270 e. The first-order chi connectivity index (χ1) is 10.7. The molecule has 112 valence electrons. The Labute approximate surface area is 132 Å². The van der Waals surface area contributed by atoms with Crippen LogP contribution >= 0.6 is 11.3 Å². The molecule has 2 aromatic heterocycles. The zero-order valence-corrected chi connectivity index (χ0v) is 13.0. The highest BCUT2D eigenvalue weighted by atomic mass is 32.1. The van der Waals surface area contributed by atoms with Crippen molar-refractivity contribution in [2.45, 2.75) is 19.4 Å². The van der Waals surface area contributed by atoms with Crippen LogP contribution in [0.3, 0.4) is 0 Å². The van der Waals surface area contributed by atoms with Crippen LogP contribution in [-0.4, -0.2) is 16.9 Å². The molecular weight excluding hydrogens is 296 g/mol. The van der Waals surface area contributed by atoms with E-state index in [1.807, 2.05) is 43.3 Å². The molecule has 0 fully saturated rings. The summed E-state index contributed by atoms with van der Waals surface area (Å²) >= 11 is 1.48. The normalized spacial score (nSPS) is 12.0. The molecule has 0 saturated carbocycles. The largest absolute Gasteiger partial charge is 0.472 e. The van der Waals surface area contributed by atoms with Gasteiger partial charge in [-0.3, -0.25) is 4.79 Å². The minimum Gasteiger partial charge on any atom is -0.472 e. The molecule has 0 bridgehead atoms. The van der Waals surface area contributed by atoms with Crippen LogP contribution in [0.25, 0.3) is 10.6 Å². The number of carbonyl (C=O) groups is 1. The van der Waals surface area contributed by atoms with E-state index in [2.05, 4.69) is 10.3 Å². The van der Waals surface area contributed by atoms with Gasteiger partial charge < -0.3 is 9.73 Å². The van der Waals surface area contributed by atoms with E-state index in [1.54, 1.807) is 17.9 Å². The van der Waals surface area contributed by atoms with E-state index < -0.39 is 0 Å². The number of thiazole rings is 1. The van der Waals surface area contributed by atoms with Crippen LogP contribution in [0.2, 0.25) is 0 Å². The molecule has 22 heavy (non-hydrogen) atoms. The Balaban J connectivity index is 1.64. The summed E-state index contributed by atoms with van der Waals surface area (Å²) in [6.07, 6.45) is 4.06. The van der Waals surface area contributed by atoms with Crippen molar-refractivity contribution in [3.63, 3.8) is 0 Å². The molecule has 1 atom stereocenters. The average molecular weight is 312 g/mol. The smallest absolute Gasteiger partial charge is 0.270 e. The number of carbonyl (C=O) groups excluding carboxylic acids is 1. The van der Waals surface area contributed by atoms with Crippen LogP contribution in [0, 0.1) is 0 Å². The summed E-state index contributed by atoms with van der Waals surface area (Å²) in [7, 11) is 0. The van der Waals surface area contributed by atoms with Crippen molar-refractivity contribution in [3.05, 3.63) is 65.6 Å². The zero-order chi connectivity index (χ0) is 15.4. The Bertz CT molecular complexity index is 735. The molecule has 1 unspecified atom stereocenters.